The van der Waals surface area contributed by atoms with Gasteiger partial charge in [0.25, 0.3) is 5.91 Å². The lowest BCUT2D eigenvalue weighted by Gasteiger charge is -2.21. The maximum atomic E-state index is 14.3. The fourth-order valence-corrected chi connectivity index (χ4v) is 4.88. The van der Waals surface area contributed by atoms with Crippen LogP contribution in [0.2, 0.25) is 5.02 Å². The number of halogens is 2. The van der Waals surface area contributed by atoms with Crippen molar-refractivity contribution in [1.82, 2.24) is 9.73 Å². The molecule has 0 heterocycles. The van der Waals surface area contributed by atoms with E-state index in [2.05, 4.69) is 10.5 Å². The number of carbonyl (C=O) groups is 1. The van der Waals surface area contributed by atoms with Crippen LogP contribution in [0.15, 0.2) is 76.7 Å². The molecule has 0 atom stereocenters. The topological polar surface area (TPSA) is 97.3 Å². The van der Waals surface area contributed by atoms with E-state index in [9.17, 15) is 17.6 Å². The van der Waals surface area contributed by atoms with Gasteiger partial charge in [-0.25, -0.2) is 18.2 Å². The van der Waals surface area contributed by atoms with Crippen LogP contribution in [0.25, 0.3) is 0 Å². The van der Waals surface area contributed by atoms with Crippen molar-refractivity contribution in [2.45, 2.75) is 31.7 Å². The van der Waals surface area contributed by atoms with Gasteiger partial charge in [0.05, 0.1) is 30.9 Å². The number of hydrogen-bond donors (Lipinski definition) is 1. The van der Waals surface area contributed by atoms with Crippen LogP contribution in [0.4, 0.5) is 4.39 Å². The van der Waals surface area contributed by atoms with E-state index in [-0.39, 0.29) is 17.0 Å². The number of benzene rings is 3. The van der Waals surface area contributed by atoms with Gasteiger partial charge in [-0.05, 0) is 67.4 Å². The first-order chi connectivity index (χ1) is 18.2. The first-order valence-corrected chi connectivity index (χ1v) is 13.8. The molecule has 0 aromatic heterocycles. The molecule has 0 aliphatic carbocycles. The van der Waals surface area contributed by atoms with Crippen molar-refractivity contribution in [2.75, 3.05) is 19.8 Å². The number of ether oxygens (including phenoxy) is 2. The molecule has 0 fully saturated rings. The Morgan fingerprint density at radius 3 is 2.47 bits per heavy atom. The van der Waals surface area contributed by atoms with E-state index in [0.717, 1.165) is 10.7 Å². The molecule has 0 radical (unpaired) electrons. The molecule has 0 saturated carbocycles. The van der Waals surface area contributed by atoms with Gasteiger partial charge in [-0.15, -0.1) is 0 Å². The fraction of sp³-hybridized carbons (Fsp3) is 0.259. The Morgan fingerprint density at radius 1 is 1.05 bits per heavy atom. The van der Waals surface area contributed by atoms with Crippen LogP contribution in [-0.2, 0) is 21.4 Å². The second-order valence-corrected chi connectivity index (χ2v) is 10.5. The van der Waals surface area contributed by atoms with Crippen LogP contribution in [0.5, 0.6) is 11.5 Å². The molecular formula is C27H29ClFN3O5S. The van der Waals surface area contributed by atoms with Gasteiger partial charge in [-0.3, -0.25) is 4.79 Å². The van der Waals surface area contributed by atoms with Gasteiger partial charge in [0.1, 0.15) is 5.82 Å². The SMILES string of the molecule is CCCOc1ccc(/C=N\NC(=O)CN(Cc2ccccc2F)S(=O)(=O)c2ccc(Cl)cc2)cc1OCC. The van der Waals surface area contributed by atoms with Crippen molar-refractivity contribution in [3.63, 3.8) is 0 Å². The zero-order chi connectivity index (χ0) is 27.5. The molecule has 1 amide bonds. The molecule has 0 aliphatic rings. The number of nitrogens with one attached hydrogen (secondary N) is 1. The summed E-state index contributed by atoms with van der Waals surface area (Å²) in [7, 11) is -4.16. The summed E-state index contributed by atoms with van der Waals surface area (Å²) >= 11 is 5.89. The smallest absolute Gasteiger partial charge is 0.255 e. The van der Waals surface area contributed by atoms with Gasteiger partial charge in [0, 0.05) is 17.1 Å². The fourth-order valence-electron chi connectivity index (χ4n) is 3.38. The van der Waals surface area contributed by atoms with Gasteiger partial charge in [0.2, 0.25) is 10.0 Å². The lowest BCUT2D eigenvalue weighted by atomic mass is 10.2. The summed E-state index contributed by atoms with van der Waals surface area (Å²) < 4.78 is 53.1. The zero-order valence-electron chi connectivity index (χ0n) is 21.1. The van der Waals surface area contributed by atoms with E-state index < -0.39 is 28.3 Å². The largest absolute Gasteiger partial charge is 0.490 e. The highest BCUT2D eigenvalue weighted by Gasteiger charge is 2.27. The molecule has 0 unspecified atom stereocenters. The van der Waals surface area contributed by atoms with Gasteiger partial charge < -0.3 is 9.47 Å². The average Bonchev–Trinajstić information content (AvgIpc) is 2.89. The Labute approximate surface area is 227 Å². The standard InChI is InChI=1S/C27H29ClFN3O5S/c1-3-15-37-25-14-9-20(16-26(25)36-4-2)17-30-31-27(33)19-32(18-21-7-5-6-8-24(21)29)38(34,35)23-12-10-22(28)11-13-23/h5-14,16-17H,3-4,15,18-19H2,1-2H3,(H,31,33)/b30-17-. The highest BCUT2D eigenvalue weighted by molar-refractivity contribution is 7.89. The van der Waals surface area contributed by atoms with Crippen LogP contribution >= 0.6 is 11.6 Å². The van der Waals surface area contributed by atoms with E-state index in [1.807, 2.05) is 13.8 Å². The third-order valence-electron chi connectivity index (χ3n) is 5.21. The number of amides is 1. The normalized spacial score (nSPS) is 11.6. The van der Waals surface area contributed by atoms with Crippen LogP contribution in [0.3, 0.4) is 0 Å². The second-order valence-electron chi connectivity index (χ2n) is 8.10. The van der Waals surface area contributed by atoms with Crippen LogP contribution in [-0.4, -0.2) is 44.6 Å². The first-order valence-electron chi connectivity index (χ1n) is 11.9. The zero-order valence-corrected chi connectivity index (χ0v) is 22.6. The summed E-state index contributed by atoms with van der Waals surface area (Å²) in [5.41, 5.74) is 3.09. The number of hydrogen-bond acceptors (Lipinski definition) is 6. The Bertz CT molecular complexity index is 1370. The number of nitrogens with zero attached hydrogens (tertiary/aromatic N) is 2. The van der Waals surface area contributed by atoms with Crippen molar-refractivity contribution in [1.29, 1.82) is 0 Å². The minimum atomic E-state index is -4.16. The monoisotopic (exact) mass is 561 g/mol. The predicted octanol–water partition coefficient (Wildman–Crippen LogP) is 5.01. The Kier molecular flexibility index (Phi) is 10.6. The van der Waals surface area contributed by atoms with E-state index in [1.54, 1.807) is 24.3 Å². The number of hydrazone groups is 1. The molecule has 202 valence electrons. The Hall–Kier alpha value is -3.47. The van der Waals surface area contributed by atoms with Gasteiger partial charge in [0.15, 0.2) is 11.5 Å². The van der Waals surface area contributed by atoms with Crippen molar-refractivity contribution >= 4 is 33.7 Å². The molecule has 38 heavy (non-hydrogen) atoms. The number of sulfonamides is 1. The van der Waals surface area contributed by atoms with Gasteiger partial charge in [-0.2, -0.15) is 9.41 Å². The summed E-state index contributed by atoms with van der Waals surface area (Å²) in [5.74, 6) is -0.144. The minimum absolute atomic E-state index is 0.0802. The highest BCUT2D eigenvalue weighted by atomic mass is 35.5. The molecule has 3 aromatic rings. The van der Waals surface area contributed by atoms with E-state index in [4.69, 9.17) is 21.1 Å². The van der Waals surface area contributed by atoms with Crippen molar-refractivity contribution < 1.29 is 27.1 Å². The van der Waals surface area contributed by atoms with Gasteiger partial charge >= 0.3 is 0 Å². The maximum absolute atomic E-state index is 14.3. The minimum Gasteiger partial charge on any atom is -0.490 e. The molecule has 3 aromatic carbocycles. The van der Waals surface area contributed by atoms with E-state index in [1.165, 1.54) is 48.7 Å². The third-order valence-corrected chi connectivity index (χ3v) is 7.27. The molecule has 0 saturated heterocycles. The van der Waals surface area contributed by atoms with Crippen LogP contribution in [0.1, 0.15) is 31.4 Å². The van der Waals surface area contributed by atoms with Crippen molar-refractivity contribution in [2.24, 2.45) is 5.10 Å². The quantitative estimate of drug-likeness (QED) is 0.234. The molecule has 11 heteroatoms. The first kappa shape index (κ1) is 29.1. The third kappa shape index (κ3) is 8.01. The average molecular weight is 562 g/mol. The lowest BCUT2D eigenvalue weighted by molar-refractivity contribution is -0.121. The maximum Gasteiger partial charge on any atom is 0.255 e. The van der Waals surface area contributed by atoms with E-state index in [0.29, 0.717) is 35.3 Å². The Balaban J connectivity index is 1.76. The highest BCUT2D eigenvalue weighted by Crippen LogP contribution is 2.28. The second kappa shape index (κ2) is 13.9. The molecule has 0 bridgehead atoms. The predicted molar refractivity (Wildman–Crippen MR) is 145 cm³/mol. The van der Waals surface area contributed by atoms with Gasteiger partial charge in [-0.1, -0.05) is 36.7 Å². The number of carbonyl (C=O) groups excluding carboxylic acids is 1. The lowest BCUT2D eigenvalue weighted by Crippen LogP contribution is -2.39. The van der Waals surface area contributed by atoms with E-state index >= 15 is 0 Å². The molecule has 8 nitrogen and oxygen atoms in total. The van der Waals surface area contributed by atoms with Crippen molar-refractivity contribution in [3.05, 3.63) is 88.7 Å². The number of rotatable bonds is 13. The summed E-state index contributed by atoms with van der Waals surface area (Å²) in [6.07, 6.45) is 2.25. The van der Waals surface area contributed by atoms with Crippen LogP contribution < -0.4 is 14.9 Å². The summed E-state index contributed by atoms with van der Waals surface area (Å²) in [5, 5.41) is 4.30. The van der Waals surface area contributed by atoms with Crippen molar-refractivity contribution in [3.8, 4) is 11.5 Å². The van der Waals surface area contributed by atoms with Crippen LogP contribution in [0, 0.1) is 5.82 Å². The summed E-state index contributed by atoms with van der Waals surface area (Å²) in [4.78, 5) is 12.6. The molecule has 0 spiro atoms. The molecule has 3 rings (SSSR count). The summed E-state index contributed by atoms with van der Waals surface area (Å²) in [6, 6.07) is 16.5. The molecule has 0 aliphatic heterocycles. The Morgan fingerprint density at radius 2 is 1.79 bits per heavy atom. The molecule has 1 N–H and O–H groups in total. The summed E-state index contributed by atoms with van der Waals surface area (Å²) in [6.45, 7) is 3.90. The molecular weight excluding hydrogens is 533 g/mol.